The van der Waals surface area contributed by atoms with Gasteiger partial charge in [-0.1, -0.05) is 6.92 Å². The summed E-state index contributed by atoms with van der Waals surface area (Å²) in [5, 5.41) is 3.23. The number of halogens is 1. The summed E-state index contributed by atoms with van der Waals surface area (Å²) in [6.45, 7) is 2.69. The van der Waals surface area contributed by atoms with Gasteiger partial charge < -0.3 is 11.1 Å². The first-order valence-corrected chi connectivity index (χ1v) is 8.80. The molecule has 1 aliphatic rings. The van der Waals surface area contributed by atoms with Crippen LogP contribution in [0.4, 0.5) is 16.2 Å². The summed E-state index contributed by atoms with van der Waals surface area (Å²) in [5.41, 5.74) is 7.18. The van der Waals surface area contributed by atoms with Crippen molar-refractivity contribution in [2.24, 2.45) is 5.92 Å². The maximum atomic E-state index is 14.3. The topological polar surface area (TPSA) is 102 Å². The van der Waals surface area contributed by atoms with Gasteiger partial charge in [0.1, 0.15) is 11.6 Å². The van der Waals surface area contributed by atoms with Gasteiger partial charge in [0.15, 0.2) is 0 Å². The molecule has 0 amide bonds. The second-order valence-electron chi connectivity index (χ2n) is 7.11. The van der Waals surface area contributed by atoms with Gasteiger partial charge in [-0.15, -0.1) is 0 Å². The summed E-state index contributed by atoms with van der Waals surface area (Å²) in [7, 11) is 0. The number of pyridine rings is 1. The number of aromatic nitrogens is 5. The van der Waals surface area contributed by atoms with Crippen LogP contribution in [-0.4, -0.2) is 31.5 Å². The Morgan fingerprint density at radius 1 is 1.19 bits per heavy atom. The highest BCUT2D eigenvalue weighted by Crippen LogP contribution is 2.47. The molecule has 0 spiro atoms. The summed E-state index contributed by atoms with van der Waals surface area (Å²) in [6, 6.07) is 3.08. The molecule has 0 bridgehead atoms. The average molecular weight is 365 g/mol. The molecule has 0 aromatic carbocycles. The first-order valence-electron chi connectivity index (χ1n) is 8.80. The van der Waals surface area contributed by atoms with Crippen molar-refractivity contribution in [3.05, 3.63) is 54.6 Å². The van der Waals surface area contributed by atoms with E-state index in [9.17, 15) is 4.39 Å². The molecule has 0 aliphatic heterocycles. The van der Waals surface area contributed by atoms with Crippen LogP contribution in [-0.2, 0) is 5.41 Å². The zero-order chi connectivity index (χ0) is 18.9. The van der Waals surface area contributed by atoms with Crippen molar-refractivity contribution in [3.8, 4) is 11.3 Å². The summed E-state index contributed by atoms with van der Waals surface area (Å²) >= 11 is 0. The Kier molecular flexibility index (Phi) is 4.39. The van der Waals surface area contributed by atoms with Crippen LogP contribution in [0.1, 0.15) is 25.5 Å². The van der Waals surface area contributed by atoms with Gasteiger partial charge in [-0.25, -0.2) is 19.3 Å². The van der Waals surface area contributed by atoms with Gasteiger partial charge in [0.2, 0.25) is 5.95 Å². The number of nitrogens with two attached hydrogens (primary N) is 1. The molecular formula is C19H20FN7. The average Bonchev–Trinajstić information content (AvgIpc) is 2.65. The second-order valence-corrected chi connectivity index (χ2v) is 7.11. The minimum absolute atomic E-state index is 0.261. The third-order valence-electron chi connectivity index (χ3n) is 4.92. The van der Waals surface area contributed by atoms with Crippen LogP contribution in [0.3, 0.4) is 0 Å². The maximum absolute atomic E-state index is 14.3. The Morgan fingerprint density at radius 2 is 1.96 bits per heavy atom. The lowest BCUT2D eigenvalue weighted by Crippen LogP contribution is -2.47. The SMILES string of the molecule is C[C@H]1C[C@](CNc2ncc(-c3cncc(N)n3)cn2)(c2ncccc2F)C1. The molecule has 1 aliphatic carbocycles. The Balaban J connectivity index is 1.50. The molecule has 0 unspecified atom stereocenters. The Labute approximate surface area is 156 Å². The fourth-order valence-electron chi connectivity index (χ4n) is 3.79. The molecule has 3 heterocycles. The zero-order valence-corrected chi connectivity index (χ0v) is 14.9. The Bertz CT molecular complexity index is 939. The van der Waals surface area contributed by atoms with Crippen LogP contribution >= 0.6 is 0 Å². The lowest BCUT2D eigenvalue weighted by atomic mass is 9.60. The van der Waals surface area contributed by atoms with Crippen molar-refractivity contribution in [1.29, 1.82) is 0 Å². The van der Waals surface area contributed by atoms with E-state index >= 15 is 0 Å². The Hall–Kier alpha value is -3.16. The summed E-state index contributed by atoms with van der Waals surface area (Å²) in [4.78, 5) is 21.2. The normalized spacial score (nSPS) is 21.5. The highest BCUT2D eigenvalue weighted by Gasteiger charge is 2.46. The predicted octanol–water partition coefficient (Wildman–Crippen LogP) is 2.83. The molecule has 0 radical (unpaired) electrons. The highest BCUT2D eigenvalue weighted by atomic mass is 19.1. The van der Waals surface area contributed by atoms with Crippen LogP contribution in [0.25, 0.3) is 11.3 Å². The smallest absolute Gasteiger partial charge is 0.222 e. The van der Waals surface area contributed by atoms with Gasteiger partial charge in [0.25, 0.3) is 0 Å². The largest absolute Gasteiger partial charge is 0.382 e. The number of anilines is 2. The first kappa shape index (κ1) is 17.3. The minimum Gasteiger partial charge on any atom is -0.382 e. The summed E-state index contributed by atoms with van der Waals surface area (Å²) < 4.78 is 14.3. The van der Waals surface area contributed by atoms with Gasteiger partial charge in [0, 0.05) is 36.1 Å². The van der Waals surface area contributed by atoms with E-state index in [1.54, 1.807) is 30.9 Å². The van der Waals surface area contributed by atoms with Gasteiger partial charge >= 0.3 is 0 Å². The van der Waals surface area contributed by atoms with Gasteiger partial charge in [0.05, 0.1) is 23.8 Å². The van der Waals surface area contributed by atoms with Crippen molar-refractivity contribution in [2.75, 3.05) is 17.6 Å². The third-order valence-corrected chi connectivity index (χ3v) is 4.92. The highest BCUT2D eigenvalue weighted by molar-refractivity contribution is 5.57. The molecular weight excluding hydrogens is 345 g/mol. The fraction of sp³-hybridized carbons (Fsp3) is 0.316. The van der Waals surface area contributed by atoms with Gasteiger partial charge in [-0.05, 0) is 30.9 Å². The van der Waals surface area contributed by atoms with E-state index in [-0.39, 0.29) is 11.2 Å². The Morgan fingerprint density at radius 3 is 2.63 bits per heavy atom. The van der Waals surface area contributed by atoms with Crippen molar-refractivity contribution >= 4 is 11.8 Å². The molecule has 1 fully saturated rings. The van der Waals surface area contributed by atoms with Crippen LogP contribution in [0, 0.1) is 11.7 Å². The van der Waals surface area contributed by atoms with Crippen molar-refractivity contribution in [1.82, 2.24) is 24.9 Å². The number of nitrogens with one attached hydrogen (secondary N) is 1. The lowest BCUT2D eigenvalue weighted by Gasteiger charge is -2.46. The maximum Gasteiger partial charge on any atom is 0.222 e. The molecule has 3 N–H and O–H groups in total. The molecule has 7 nitrogen and oxygen atoms in total. The molecule has 0 saturated heterocycles. The lowest BCUT2D eigenvalue weighted by molar-refractivity contribution is 0.159. The van der Waals surface area contributed by atoms with E-state index in [4.69, 9.17) is 5.73 Å². The standard InChI is InChI=1S/C19H20FN7/c1-12-5-19(6-12,17-14(20)3-2-4-23-17)11-26-18-24-7-13(8-25-18)15-9-22-10-16(21)27-15/h2-4,7-10,12H,5-6,11H2,1H3,(H2,21,27)(H,24,25,26)/t12-,19-. The minimum atomic E-state index is -0.327. The number of hydrogen-bond acceptors (Lipinski definition) is 7. The van der Waals surface area contributed by atoms with E-state index < -0.39 is 0 Å². The van der Waals surface area contributed by atoms with E-state index in [0.717, 1.165) is 18.4 Å². The van der Waals surface area contributed by atoms with Crippen molar-refractivity contribution in [2.45, 2.75) is 25.2 Å². The molecule has 3 aromatic heterocycles. The number of nitrogens with zero attached hydrogens (tertiary/aromatic N) is 5. The van der Waals surface area contributed by atoms with E-state index in [1.165, 1.54) is 12.3 Å². The van der Waals surface area contributed by atoms with Crippen LogP contribution in [0.15, 0.2) is 43.1 Å². The molecule has 27 heavy (non-hydrogen) atoms. The molecule has 0 atom stereocenters. The molecule has 138 valence electrons. The van der Waals surface area contributed by atoms with Crippen LogP contribution < -0.4 is 11.1 Å². The van der Waals surface area contributed by atoms with Crippen molar-refractivity contribution in [3.63, 3.8) is 0 Å². The van der Waals surface area contributed by atoms with E-state index in [0.29, 0.717) is 35.6 Å². The molecule has 4 rings (SSSR count). The summed E-state index contributed by atoms with van der Waals surface area (Å²) in [6.07, 6.45) is 9.82. The van der Waals surface area contributed by atoms with Crippen LogP contribution in [0.2, 0.25) is 0 Å². The quantitative estimate of drug-likeness (QED) is 0.716. The third kappa shape index (κ3) is 3.42. The van der Waals surface area contributed by atoms with E-state index in [2.05, 4.69) is 37.2 Å². The van der Waals surface area contributed by atoms with Crippen molar-refractivity contribution < 1.29 is 4.39 Å². The zero-order valence-electron chi connectivity index (χ0n) is 14.9. The van der Waals surface area contributed by atoms with Crippen LogP contribution in [0.5, 0.6) is 0 Å². The monoisotopic (exact) mass is 365 g/mol. The fourth-order valence-corrected chi connectivity index (χ4v) is 3.79. The molecule has 1 saturated carbocycles. The second kappa shape index (κ2) is 6.86. The first-order chi connectivity index (χ1) is 13.1. The number of hydrogen-bond donors (Lipinski definition) is 2. The number of nitrogen functional groups attached to an aromatic ring is 1. The molecule has 8 heteroatoms. The van der Waals surface area contributed by atoms with Gasteiger partial charge in [-0.3, -0.25) is 9.97 Å². The summed E-state index contributed by atoms with van der Waals surface area (Å²) in [5.74, 6) is 1.10. The predicted molar refractivity (Wildman–Crippen MR) is 100 cm³/mol. The molecule has 3 aromatic rings. The number of rotatable bonds is 5. The van der Waals surface area contributed by atoms with Gasteiger partial charge in [-0.2, -0.15) is 0 Å². The van der Waals surface area contributed by atoms with E-state index in [1.807, 2.05) is 0 Å².